The second-order valence-electron chi connectivity index (χ2n) is 19.8. The minimum atomic E-state index is -4.79. The molecule has 0 fully saturated rings. The van der Waals surface area contributed by atoms with Crippen molar-refractivity contribution >= 4 is 25.7 Å². The van der Waals surface area contributed by atoms with Crippen LogP contribution in [0.15, 0.2) is 122 Å². The van der Waals surface area contributed by atoms with Gasteiger partial charge in [0.1, 0.15) is 12.7 Å². The molecule has 12 heteroatoms. The highest BCUT2D eigenvalue weighted by atomic mass is 31.2. The van der Waals surface area contributed by atoms with Crippen molar-refractivity contribution in [2.24, 2.45) is 0 Å². The molecule has 3 atom stereocenters. The van der Waals surface area contributed by atoms with Crippen LogP contribution in [-0.2, 0) is 42.2 Å². The number of carbonyl (C=O) groups is 3. The Balaban J connectivity index is 4.86. The van der Waals surface area contributed by atoms with E-state index in [2.05, 4.69) is 112 Å². The summed E-state index contributed by atoms with van der Waals surface area (Å²) >= 11 is 0. The Morgan fingerprint density at radius 2 is 0.718 bits per heavy atom. The average Bonchev–Trinajstić information content (AvgIpc) is 3.43. The lowest BCUT2D eigenvalue weighted by Gasteiger charge is -2.21. The maximum Gasteiger partial charge on any atom is 0.472 e. The minimum absolute atomic E-state index is 0.0635. The van der Waals surface area contributed by atoms with Crippen molar-refractivity contribution in [3.05, 3.63) is 122 Å². The highest BCUT2D eigenvalue weighted by Crippen LogP contribution is 2.43. The molecule has 0 bridgehead atoms. The Hall–Kier alpha value is -4.12. The SMILES string of the molecule is CC/C=C\C/C=C\C/C=C\C/C=C\C/C=C\CCCC(=O)OCC(COP(=O)(O)OCC(CO)OC(=O)C/C=C\C/C=C\C/C=C\C/C=C\C/C=C\CC)OC(=O)CCCCCCCCCCCCCCCCCCCCC. The molecule has 0 amide bonds. The third-order valence-corrected chi connectivity index (χ3v) is 13.4. The molecule has 78 heavy (non-hydrogen) atoms. The van der Waals surface area contributed by atoms with Gasteiger partial charge >= 0.3 is 25.7 Å². The van der Waals surface area contributed by atoms with Crippen LogP contribution >= 0.6 is 7.82 Å². The van der Waals surface area contributed by atoms with E-state index in [1.54, 1.807) is 6.08 Å². The normalized spacial score (nSPS) is 14.2. The van der Waals surface area contributed by atoms with E-state index in [1.807, 2.05) is 24.3 Å². The van der Waals surface area contributed by atoms with Crippen LogP contribution in [0.2, 0.25) is 0 Å². The summed E-state index contributed by atoms with van der Waals surface area (Å²) in [6.45, 7) is 4.26. The van der Waals surface area contributed by atoms with E-state index in [4.69, 9.17) is 23.3 Å². The Kier molecular flexibility index (Phi) is 55.9. The number of unbranched alkanes of at least 4 members (excludes halogenated alkanes) is 19. The van der Waals surface area contributed by atoms with Crippen LogP contribution in [0, 0.1) is 0 Å². The molecular weight excluding hydrogens is 1000 g/mol. The van der Waals surface area contributed by atoms with Crippen LogP contribution in [0.25, 0.3) is 0 Å². The standard InChI is InChI=1S/C66H109O11P/c1-4-7-10-13-16-19-22-25-28-30-31-33-36-39-42-45-48-51-54-57-66(70)77-63(59-73-64(68)55-52-49-46-43-40-37-35-32-29-26-23-20-17-14-11-8-5-2)61-75-78(71,72)74-60-62(58-67)76-65(69)56-53-50-47-44-41-38-34-27-24-21-18-15-12-9-6-3/h8-9,11-12,17-18,20-21,26-27,29,34-35,37,41,43-44,46,50,53,62-63,67H,4-7,10,13-16,19,22-25,28,30-33,36,38-40,42,45,47-49,51-52,54-61H2,1-3H3,(H,71,72)/b11-8-,12-9-,20-17-,21-18-,29-26-,34-27-,37-35-,44-41-,46-43-,53-50-. The van der Waals surface area contributed by atoms with Crippen molar-refractivity contribution in [2.75, 3.05) is 26.4 Å². The molecule has 11 nitrogen and oxygen atoms in total. The molecule has 0 aromatic heterocycles. The molecule has 0 saturated heterocycles. The number of rotatable bonds is 55. The summed E-state index contributed by atoms with van der Waals surface area (Å²) < 4.78 is 39.4. The van der Waals surface area contributed by atoms with Gasteiger partial charge in [0.15, 0.2) is 6.10 Å². The summed E-state index contributed by atoms with van der Waals surface area (Å²) in [5.74, 6) is -1.68. The highest BCUT2D eigenvalue weighted by Gasteiger charge is 2.28. The number of allylic oxidation sites excluding steroid dienone is 19. The summed E-state index contributed by atoms with van der Waals surface area (Å²) in [6, 6.07) is 0. The van der Waals surface area contributed by atoms with E-state index in [0.29, 0.717) is 25.7 Å². The molecule has 0 rings (SSSR count). The van der Waals surface area contributed by atoms with Gasteiger partial charge in [-0.05, 0) is 83.5 Å². The number of aliphatic hydroxyl groups is 1. The van der Waals surface area contributed by atoms with Gasteiger partial charge in [0.05, 0.1) is 26.2 Å². The number of esters is 3. The van der Waals surface area contributed by atoms with E-state index >= 15 is 0 Å². The van der Waals surface area contributed by atoms with Gasteiger partial charge < -0.3 is 24.2 Å². The number of phosphoric acid groups is 1. The third-order valence-electron chi connectivity index (χ3n) is 12.4. The van der Waals surface area contributed by atoms with Crippen molar-refractivity contribution in [1.82, 2.24) is 0 Å². The zero-order chi connectivity index (χ0) is 56.9. The van der Waals surface area contributed by atoms with Crippen LogP contribution in [-0.4, -0.2) is 66.5 Å². The molecule has 0 aliphatic carbocycles. The number of hydrogen-bond acceptors (Lipinski definition) is 10. The first-order chi connectivity index (χ1) is 38.2. The van der Waals surface area contributed by atoms with Crippen molar-refractivity contribution in [2.45, 2.75) is 251 Å². The number of hydrogen-bond donors (Lipinski definition) is 2. The zero-order valence-corrected chi connectivity index (χ0v) is 50.0. The molecule has 0 radical (unpaired) electrons. The van der Waals surface area contributed by atoms with Gasteiger partial charge in [0, 0.05) is 12.8 Å². The predicted octanol–water partition coefficient (Wildman–Crippen LogP) is 18.4. The fraction of sp³-hybridized carbons (Fsp3) is 0.652. The van der Waals surface area contributed by atoms with E-state index in [-0.39, 0.29) is 25.9 Å². The Labute approximate surface area is 475 Å². The maximum atomic E-state index is 12.9. The van der Waals surface area contributed by atoms with Gasteiger partial charge in [-0.1, -0.05) is 258 Å². The summed E-state index contributed by atoms with van der Waals surface area (Å²) in [5, 5.41) is 9.81. The molecule has 2 N–H and O–H groups in total. The Morgan fingerprint density at radius 1 is 0.385 bits per heavy atom. The van der Waals surface area contributed by atoms with Crippen molar-refractivity contribution in [3.63, 3.8) is 0 Å². The van der Waals surface area contributed by atoms with Crippen LogP contribution in [0.3, 0.4) is 0 Å². The molecule has 444 valence electrons. The number of aliphatic hydroxyl groups excluding tert-OH is 1. The summed E-state index contributed by atoms with van der Waals surface area (Å²) in [4.78, 5) is 48.6. The first-order valence-electron chi connectivity index (χ1n) is 30.4. The molecule has 0 aromatic carbocycles. The van der Waals surface area contributed by atoms with Crippen LogP contribution < -0.4 is 0 Å². The Morgan fingerprint density at radius 3 is 1.12 bits per heavy atom. The third kappa shape index (κ3) is 56.6. The lowest BCUT2D eigenvalue weighted by atomic mass is 10.0. The quantitative estimate of drug-likeness (QED) is 0.0197. The molecule has 0 aliphatic heterocycles. The van der Waals surface area contributed by atoms with E-state index < -0.39 is 57.8 Å². The highest BCUT2D eigenvalue weighted by molar-refractivity contribution is 7.47. The fourth-order valence-electron chi connectivity index (χ4n) is 7.88. The van der Waals surface area contributed by atoms with Crippen LogP contribution in [0.1, 0.15) is 239 Å². The number of carbonyl (C=O) groups excluding carboxylic acids is 3. The van der Waals surface area contributed by atoms with Crippen LogP contribution in [0.5, 0.6) is 0 Å². The smallest absolute Gasteiger partial charge is 0.462 e. The van der Waals surface area contributed by atoms with Crippen molar-refractivity contribution in [3.8, 4) is 0 Å². The topological polar surface area (TPSA) is 155 Å². The molecular formula is C66H109O11P. The van der Waals surface area contributed by atoms with Crippen molar-refractivity contribution < 1.29 is 52.2 Å². The van der Waals surface area contributed by atoms with E-state index in [1.165, 1.54) is 96.3 Å². The zero-order valence-electron chi connectivity index (χ0n) is 49.1. The fourth-order valence-corrected chi connectivity index (χ4v) is 8.66. The van der Waals surface area contributed by atoms with Crippen LogP contribution in [0.4, 0.5) is 0 Å². The summed E-state index contributed by atoms with van der Waals surface area (Å²) in [5.41, 5.74) is 0. The Bertz CT molecular complexity index is 1770. The minimum Gasteiger partial charge on any atom is -0.462 e. The van der Waals surface area contributed by atoms with Gasteiger partial charge in [0.25, 0.3) is 0 Å². The van der Waals surface area contributed by atoms with Gasteiger partial charge in [-0.15, -0.1) is 0 Å². The van der Waals surface area contributed by atoms with E-state index in [9.17, 15) is 28.9 Å². The largest absolute Gasteiger partial charge is 0.472 e. The molecule has 0 aromatic rings. The van der Waals surface area contributed by atoms with Gasteiger partial charge in [-0.25, -0.2) is 4.57 Å². The first-order valence-corrected chi connectivity index (χ1v) is 31.9. The number of phosphoric ester groups is 1. The lowest BCUT2D eigenvalue weighted by Crippen LogP contribution is -2.30. The lowest BCUT2D eigenvalue weighted by molar-refractivity contribution is -0.161. The molecule has 0 saturated carbocycles. The summed E-state index contributed by atoms with van der Waals surface area (Å²) in [6.07, 6.45) is 73.4. The molecule has 0 aliphatic rings. The first kappa shape index (κ1) is 73.9. The summed E-state index contributed by atoms with van der Waals surface area (Å²) in [7, 11) is -4.79. The molecule has 0 spiro atoms. The second-order valence-corrected chi connectivity index (χ2v) is 21.2. The van der Waals surface area contributed by atoms with E-state index in [0.717, 1.165) is 77.0 Å². The molecule has 0 heterocycles. The maximum absolute atomic E-state index is 12.9. The second kappa shape index (κ2) is 59.0. The van der Waals surface area contributed by atoms with Gasteiger partial charge in [-0.2, -0.15) is 0 Å². The van der Waals surface area contributed by atoms with Gasteiger partial charge in [-0.3, -0.25) is 23.4 Å². The predicted molar refractivity (Wildman–Crippen MR) is 325 cm³/mol. The average molecular weight is 1110 g/mol. The monoisotopic (exact) mass is 1110 g/mol. The number of ether oxygens (including phenoxy) is 3. The van der Waals surface area contributed by atoms with Gasteiger partial charge in [0.2, 0.25) is 0 Å². The molecule has 3 unspecified atom stereocenters. The van der Waals surface area contributed by atoms with Crippen molar-refractivity contribution in [1.29, 1.82) is 0 Å².